The molecule has 3 heterocycles. The molecule has 34 heavy (non-hydrogen) atoms. The molecule has 3 aromatic rings. The van der Waals surface area contributed by atoms with Crippen LogP contribution in [0, 0.1) is 0 Å². The van der Waals surface area contributed by atoms with Crippen LogP contribution in [0.25, 0.3) is 0 Å². The second-order valence-corrected chi connectivity index (χ2v) is 7.67. The van der Waals surface area contributed by atoms with E-state index in [0.29, 0.717) is 20.3 Å². The third kappa shape index (κ3) is 2.37. The number of imide groups is 3. The molecule has 10 heteroatoms. The number of carbonyl (C=O) groups excluding carboxylic acids is 6. The van der Waals surface area contributed by atoms with Crippen molar-refractivity contribution < 1.29 is 28.8 Å². The predicted octanol–water partition coefficient (Wildman–Crippen LogP) is 1.92. The standard InChI is InChI=1S/C24H12N4O6/c29-19-13-7-1-2-8-14(13)20(30)25(19)28(26-21(31)15-9-3-4-10-16(15)22(26)32)27-23(33)17-11-5-6-12-18(17)24(27)34/h1-12H. The Morgan fingerprint density at radius 3 is 0.706 bits per heavy atom. The second kappa shape index (κ2) is 6.77. The van der Waals surface area contributed by atoms with Crippen molar-refractivity contribution in [3.8, 4) is 0 Å². The lowest BCUT2D eigenvalue weighted by molar-refractivity contribution is -0.180. The zero-order chi connectivity index (χ0) is 23.7. The first-order valence-electron chi connectivity index (χ1n) is 10.1. The minimum atomic E-state index is -0.895. The fraction of sp³-hybridized carbons (Fsp3) is 0. The molecule has 0 aliphatic carbocycles. The SMILES string of the molecule is O=C1c2ccccc2C(=O)N1N(N1C(=O)c2ccccc2C1=O)N1C(=O)c2ccccc2C1=O. The Morgan fingerprint density at radius 1 is 0.353 bits per heavy atom. The Bertz CT molecular complexity index is 1230. The summed E-state index contributed by atoms with van der Waals surface area (Å²) in [6, 6.07) is 17.7. The van der Waals surface area contributed by atoms with E-state index in [2.05, 4.69) is 0 Å². The van der Waals surface area contributed by atoms with Crippen molar-refractivity contribution in [1.29, 1.82) is 0 Å². The fourth-order valence-corrected chi connectivity index (χ4v) is 4.29. The van der Waals surface area contributed by atoms with Gasteiger partial charge in [-0.05, 0) is 41.6 Å². The van der Waals surface area contributed by atoms with E-state index in [1.807, 2.05) is 0 Å². The number of carbonyl (C=O) groups is 6. The summed E-state index contributed by atoms with van der Waals surface area (Å²) in [6.45, 7) is 0. The van der Waals surface area contributed by atoms with Gasteiger partial charge in [-0.1, -0.05) is 36.4 Å². The Balaban J connectivity index is 1.55. The topological polar surface area (TPSA) is 115 Å². The van der Waals surface area contributed by atoms with Crippen molar-refractivity contribution in [2.75, 3.05) is 0 Å². The van der Waals surface area contributed by atoms with Gasteiger partial charge in [0.25, 0.3) is 35.4 Å². The quantitative estimate of drug-likeness (QED) is 0.558. The first-order valence-corrected chi connectivity index (χ1v) is 10.1. The number of benzene rings is 3. The highest BCUT2D eigenvalue weighted by Gasteiger charge is 2.55. The van der Waals surface area contributed by atoms with Crippen LogP contribution in [0.15, 0.2) is 72.8 Å². The molecular weight excluding hydrogens is 440 g/mol. The summed E-state index contributed by atoms with van der Waals surface area (Å²) in [6.07, 6.45) is 0. The molecule has 0 bridgehead atoms. The zero-order valence-corrected chi connectivity index (χ0v) is 17.2. The van der Waals surface area contributed by atoms with Gasteiger partial charge < -0.3 is 0 Å². The van der Waals surface area contributed by atoms with Crippen molar-refractivity contribution in [3.05, 3.63) is 106 Å². The summed E-state index contributed by atoms with van der Waals surface area (Å²) in [5.74, 6) is -5.37. The monoisotopic (exact) mass is 452 g/mol. The molecule has 6 rings (SSSR count). The molecule has 0 aromatic heterocycles. The van der Waals surface area contributed by atoms with Crippen molar-refractivity contribution >= 4 is 35.4 Å². The number of hydrogen-bond acceptors (Lipinski definition) is 7. The molecule has 0 fully saturated rings. The number of hydrazine groups is 3. The molecule has 0 spiro atoms. The van der Waals surface area contributed by atoms with Crippen molar-refractivity contribution in [3.63, 3.8) is 0 Å². The molecular formula is C24H12N4O6. The van der Waals surface area contributed by atoms with Crippen LogP contribution < -0.4 is 0 Å². The highest BCUT2D eigenvalue weighted by atomic mass is 16.3. The maximum atomic E-state index is 13.3. The van der Waals surface area contributed by atoms with Crippen LogP contribution in [0.3, 0.4) is 0 Å². The molecule has 0 radical (unpaired) electrons. The van der Waals surface area contributed by atoms with Crippen LogP contribution in [0.5, 0.6) is 0 Å². The molecule has 3 aromatic carbocycles. The Morgan fingerprint density at radius 2 is 0.529 bits per heavy atom. The smallest absolute Gasteiger partial charge is 0.267 e. The van der Waals surface area contributed by atoms with Gasteiger partial charge in [0.15, 0.2) is 0 Å². The summed E-state index contributed by atoms with van der Waals surface area (Å²) >= 11 is 0. The summed E-state index contributed by atoms with van der Waals surface area (Å²) in [7, 11) is 0. The molecule has 3 aliphatic rings. The minimum absolute atomic E-state index is 0.00529. The van der Waals surface area contributed by atoms with Gasteiger partial charge in [-0.2, -0.15) is 15.0 Å². The van der Waals surface area contributed by atoms with E-state index in [4.69, 9.17) is 0 Å². The van der Waals surface area contributed by atoms with Crippen molar-refractivity contribution in [1.82, 2.24) is 20.3 Å². The van der Waals surface area contributed by atoms with Gasteiger partial charge in [0, 0.05) is 0 Å². The van der Waals surface area contributed by atoms with Crippen LogP contribution in [0.2, 0.25) is 0 Å². The molecule has 0 N–H and O–H groups in total. The lowest BCUT2D eigenvalue weighted by Crippen LogP contribution is -2.65. The van der Waals surface area contributed by atoms with E-state index < -0.39 is 35.4 Å². The molecule has 164 valence electrons. The second-order valence-electron chi connectivity index (χ2n) is 7.67. The normalized spacial score (nSPS) is 16.7. The van der Waals surface area contributed by atoms with E-state index in [1.54, 1.807) is 36.4 Å². The number of rotatable bonds is 3. The molecule has 10 nitrogen and oxygen atoms in total. The number of nitrogens with zero attached hydrogens (tertiary/aromatic N) is 4. The van der Waals surface area contributed by atoms with Crippen molar-refractivity contribution in [2.45, 2.75) is 0 Å². The van der Waals surface area contributed by atoms with Crippen LogP contribution in [0.4, 0.5) is 0 Å². The van der Waals surface area contributed by atoms with E-state index in [-0.39, 0.29) is 33.4 Å². The molecule has 0 saturated carbocycles. The first kappa shape index (κ1) is 19.7. The first-order chi connectivity index (χ1) is 16.4. The van der Waals surface area contributed by atoms with Crippen LogP contribution >= 0.6 is 0 Å². The van der Waals surface area contributed by atoms with Gasteiger partial charge in [-0.25, -0.2) is 0 Å². The van der Waals surface area contributed by atoms with Crippen LogP contribution in [0.1, 0.15) is 62.1 Å². The van der Waals surface area contributed by atoms with Gasteiger partial charge >= 0.3 is 0 Å². The molecule has 6 amide bonds. The number of fused-ring (bicyclic) bond motifs is 3. The summed E-state index contributed by atoms with van der Waals surface area (Å²) in [5, 5.41) is 1.87. The number of amides is 6. The number of hydrogen-bond donors (Lipinski definition) is 0. The molecule has 0 unspecified atom stereocenters. The minimum Gasteiger partial charge on any atom is -0.267 e. The van der Waals surface area contributed by atoms with E-state index in [9.17, 15) is 28.8 Å². The van der Waals surface area contributed by atoms with Gasteiger partial charge in [-0.15, -0.1) is 0 Å². The van der Waals surface area contributed by atoms with Gasteiger partial charge in [-0.3, -0.25) is 28.8 Å². The maximum absolute atomic E-state index is 13.3. The molecule has 0 atom stereocenters. The Labute approximate surface area is 191 Å². The fourth-order valence-electron chi connectivity index (χ4n) is 4.29. The summed E-state index contributed by atoms with van der Waals surface area (Å²) in [5.41, 5.74) is 0.0318. The van der Waals surface area contributed by atoms with Gasteiger partial charge in [0.05, 0.1) is 33.4 Å². The van der Waals surface area contributed by atoms with Crippen molar-refractivity contribution in [2.24, 2.45) is 0 Å². The lowest BCUT2D eigenvalue weighted by atomic mass is 10.1. The van der Waals surface area contributed by atoms with E-state index in [0.717, 1.165) is 0 Å². The third-order valence-electron chi connectivity index (χ3n) is 5.85. The predicted molar refractivity (Wildman–Crippen MR) is 113 cm³/mol. The van der Waals surface area contributed by atoms with Gasteiger partial charge in [0.2, 0.25) is 0 Å². The van der Waals surface area contributed by atoms with Crippen LogP contribution in [-0.2, 0) is 0 Å². The summed E-state index contributed by atoms with van der Waals surface area (Å²) in [4.78, 5) is 79.8. The van der Waals surface area contributed by atoms with E-state index in [1.165, 1.54) is 36.4 Å². The molecule has 0 saturated heterocycles. The van der Waals surface area contributed by atoms with E-state index >= 15 is 0 Å². The average molecular weight is 452 g/mol. The largest absolute Gasteiger partial charge is 0.279 e. The van der Waals surface area contributed by atoms with Gasteiger partial charge in [0.1, 0.15) is 0 Å². The highest BCUT2D eigenvalue weighted by Crippen LogP contribution is 2.34. The molecule has 3 aliphatic heterocycles. The Hall–Kier alpha value is -4.96. The van der Waals surface area contributed by atoms with Crippen LogP contribution in [-0.4, -0.2) is 55.7 Å². The average Bonchev–Trinajstić information content (AvgIpc) is 3.37. The lowest BCUT2D eigenvalue weighted by Gasteiger charge is -2.38. The zero-order valence-electron chi connectivity index (χ0n) is 17.2. The third-order valence-corrected chi connectivity index (χ3v) is 5.85. The maximum Gasteiger partial charge on any atom is 0.279 e. The summed E-state index contributed by atoms with van der Waals surface area (Å²) < 4.78 is 0. The highest BCUT2D eigenvalue weighted by molar-refractivity contribution is 6.25. The Kier molecular flexibility index (Phi) is 3.92.